The first kappa shape index (κ1) is 20.7. The number of ether oxygens (including phenoxy) is 1. The molecule has 0 bridgehead atoms. The number of carbonyl (C=O) groups is 1. The minimum absolute atomic E-state index is 0.0118. The summed E-state index contributed by atoms with van der Waals surface area (Å²) in [6.07, 6.45) is 0.457. The maximum atomic E-state index is 12.9. The van der Waals surface area contributed by atoms with Crippen molar-refractivity contribution in [3.63, 3.8) is 0 Å². The van der Waals surface area contributed by atoms with Crippen molar-refractivity contribution in [3.8, 4) is 5.75 Å². The van der Waals surface area contributed by atoms with Crippen molar-refractivity contribution in [1.82, 2.24) is 5.32 Å². The lowest BCUT2D eigenvalue weighted by Gasteiger charge is -2.12. The van der Waals surface area contributed by atoms with Crippen LogP contribution in [-0.4, -0.2) is 39.2 Å². The van der Waals surface area contributed by atoms with Gasteiger partial charge in [-0.05, 0) is 61.4 Å². The van der Waals surface area contributed by atoms with Crippen LogP contribution in [-0.2, 0) is 14.8 Å². The van der Waals surface area contributed by atoms with Gasteiger partial charge in [-0.25, -0.2) is 12.8 Å². The van der Waals surface area contributed by atoms with Crippen molar-refractivity contribution < 1.29 is 27.4 Å². The van der Waals surface area contributed by atoms with Crippen LogP contribution < -0.4 is 14.8 Å². The summed E-state index contributed by atoms with van der Waals surface area (Å²) in [6.45, 7) is 1.79. The Morgan fingerprint density at radius 2 is 1.89 bits per heavy atom. The molecule has 2 aromatic carbocycles. The van der Waals surface area contributed by atoms with Crippen molar-refractivity contribution >= 4 is 21.6 Å². The maximum Gasteiger partial charge on any atom is 0.261 e. The van der Waals surface area contributed by atoms with Crippen LogP contribution in [0.5, 0.6) is 5.75 Å². The number of halogens is 1. The van der Waals surface area contributed by atoms with E-state index in [1.165, 1.54) is 30.3 Å². The average molecular weight is 396 g/mol. The Bertz CT molecular complexity index is 885. The minimum Gasteiger partial charge on any atom is -0.484 e. The maximum absolute atomic E-state index is 12.9. The van der Waals surface area contributed by atoms with Crippen LogP contribution in [0.25, 0.3) is 0 Å². The second kappa shape index (κ2) is 9.33. The van der Waals surface area contributed by atoms with Gasteiger partial charge >= 0.3 is 0 Å². The van der Waals surface area contributed by atoms with Crippen LogP contribution in [0, 0.1) is 12.7 Å². The van der Waals surface area contributed by atoms with Gasteiger partial charge in [-0.1, -0.05) is 0 Å². The van der Waals surface area contributed by atoms with E-state index in [0.29, 0.717) is 24.3 Å². The fraction of sp³-hybridized carbons (Fsp3) is 0.278. The number of sulfonamides is 1. The van der Waals surface area contributed by atoms with Gasteiger partial charge in [-0.15, -0.1) is 0 Å². The summed E-state index contributed by atoms with van der Waals surface area (Å²) in [7, 11) is -3.84. The van der Waals surface area contributed by atoms with Crippen LogP contribution >= 0.6 is 0 Å². The number of anilines is 1. The molecule has 0 heterocycles. The summed E-state index contributed by atoms with van der Waals surface area (Å²) in [5.74, 6) is -0.416. The van der Waals surface area contributed by atoms with E-state index < -0.39 is 15.8 Å². The van der Waals surface area contributed by atoms with Gasteiger partial charge in [-0.3, -0.25) is 9.52 Å². The van der Waals surface area contributed by atoms with Crippen molar-refractivity contribution in [2.45, 2.75) is 18.2 Å². The summed E-state index contributed by atoms with van der Waals surface area (Å²) in [5.41, 5.74) is 0.786. The number of carbonyl (C=O) groups excluding carboxylic acids is 1. The molecule has 27 heavy (non-hydrogen) atoms. The molecule has 0 saturated heterocycles. The molecular formula is C18H21FN2O5S. The molecule has 9 heteroatoms. The molecule has 146 valence electrons. The highest BCUT2D eigenvalue weighted by atomic mass is 32.2. The number of benzene rings is 2. The minimum atomic E-state index is -3.84. The molecule has 2 aromatic rings. The van der Waals surface area contributed by atoms with E-state index >= 15 is 0 Å². The summed E-state index contributed by atoms with van der Waals surface area (Å²) >= 11 is 0. The lowest BCUT2D eigenvalue weighted by molar-refractivity contribution is -0.123. The quantitative estimate of drug-likeness (QED) is 0.561. The topological polar surface area (TPSA) is 105 Å². The number of nitrogens with one attached hydrogen (secondary N) is 2. The van der Waals surface area contributed by atoms with Gasteiger partial charge in [-0.2, -0.15) is 0 Å². The molecule has 0 saturated carbocycles. The van der Waals surface area contributed by atoms with Gasteiger partial charge in [0, 0.05) is 18.8 Å². The zero-order chi connectivity index (χ0) is 19.9. The van der Waals surface area contributed by atoms with E-state index in [1.54, 1.807) is 6.92 Å². The highest BCUT2D eigenvalue weighted by Gasteiger charge is 2.16. The van der Waals surface area contributed by atoms with E-state index in [2.05, 4.69) is 10.0 Å². The van der Waals surface area contributed by atoms with Crippen LogP contribution in [0.3, 0.4) is 0 Å². The SMILES string of the molecule is Cc1cc(S(=O)(=O)Nc2ccc(F)cc2)ccc1OCC(=O)NCCCO. The van der Waals surface area contributed by atoms with Crippen molar-refractivity contribution in [2.75, 3.05) is 24.5 Å². The van der Waals surface area contributed by atoms with E-state index in [1.807, 2.05) is 0 Å². The molecule has 0 aliphatic carbocycles. The lowest BCUT2D eigenvalue weighted by Crippen LogP contribution is -2.30. The first-order chi connectivity index (χ1) is 12.8. The first-order valence-corrected chi connectivity index (χ1v) is 9.69. The molecule has 2 rings (SSSR count). The van der Waals surface area contributed by atoms with Gasteiger partial charge in [0.25, 0.3) is 15.9 Å². The second-order valence-corrected chi connectivity index (χ2v) is 7.44. The van der Waals surface area contributed by atoms with Gasteiger partial charge in [0.2, 0.25) is 0 Å². The predicted molar refractivity (Wildman–Crippen MR) is 98.6 cm³/mol. The second-order valence-electron chi connectivity index (χ2n) is 5.76. The van der Waals surface area contributed by atoms with E-state index in [4.69, 9.17) is 9.84 Å². The first-order valence-electron chi connectivity index (χ1n) is 8.21. The van der Waals surface area contributed by atoms with Crippen LogP contribution in [0.15, 0.2) is 47.4 Å². The van der Waals surface area contributed by atoms with Gasteiger partial charge in [0.05, 0.1) is 4.90 Å². The van der Waals surface area contributed by atoms with Crippen molar-refractivity contribution in [2.24, 2.45) is 0 Å². The molecule has 0 spiro atoms. The number of aryl methyl sites for hydroxylation is 1. The largest absolute Gasteiger partial charge is 0.484 e. The smallest absolute Gasteiger partial charge is 0.261 e. The number of aliphatic hydroxyl groups is 1. The summed E-state index contributed by atoms with van der Waals surface area (Å²) in [5, 5.41) is 11.3. The summed E-state index contributed by atoms with van der Waals surface area (Å²) in [6, 6.07) is 9.22. The lowest BCUT2D eigenvalue weighted by atomic mass is 10.2. The zero-order valence-electron chi connectivity index (χ0n) is 14.7. The zero-order valence-corrected chi connectivity index (χ0v) is 15.6. The van der Waals surface area contributed by atoms with Crippen molar-refractivity contribution in [1.29, 1.82) is 0 Å². The molecule has 0 aromatic heterocycles. The Morgan fingerprint density at radius 1 is 1.19 bits per heavy atom. The monoisotopic (exact) mass is 396 g/mol. The van der Waals surface area contributed by atoms with Crippen molar-refractivity contribution in [3.05, 3.63) is 53.8 Å². The third kappa shape index (κ3) is 6.22. The summed E-state index contributed by atoms with van der Waals surface area (Å²) in [4.78, 5) is 11.6. The van der Waals surface area contributed by atoms with E-state index in [9.17, 15) is 17.6 Å². The average Bonchev–Trinajstić information content (AvgIpc) is 2.62. The van der Waals surface area contributed by atoms with Gasteiger partial charge in [0.15, 0.2) is 6.61 Å². The van der Waals surface area contributed by atoms with Crippen LogP contribution in [0.2, 0.25) is 0 Å². The Labute approximate surface area is 157 Å². The van der Waals surface area contributed by atoms with Gasteiger partial charge in [0.1, 0.15) is 11.6 Å². The van der Waals surface area contributed by atoms with E-state index in [-0.39, 0.29) is 29.7 Å². The third-order valence-corrected chi connectivity index (χ3v) is 4.95. The number of rotatable bonds is 9. The molecule has 0 aliphatic rings. The Morgan fingerprint density at radius 3 is 2.52 bits per heavy atom. The predicted octanol–water partition coefficient (Wildman–Crippen LogP) is 1.81. The van der Waals surface area contributed by atoms with Gasteiger partial charge < -0.3 is 15.2 Å². The number of hydrogen-bond acceptors (Lipinski definition) is 5. The molecule has 3 N–H and O–H groups in total. The molecule has 0 radical (unpaired) electrons. The fourth-order valence-corrected chi connectivity index (χ4v) is 3.33. The molecule has 7 nitrogen and oxygen atoms in total. The highest BCUT2D eigenvalue weighted by molar-refractivity contribution is 7.92. The Hall–Kier alpha value is -2.65. The van der Waals surface area contributed by atoms with Crippen LogP contribution in [0.1, 0.15) is 12.0 Å². The number of hydrogen-bond donors (Lipinski definition) is 3. The molecule has 0 unspecified atom stereocenters. The highest BCUT2D eigenvalue weighted by Crippen LogP contribution is 2.23. The van der Waals surface area contributed by atoms with Crippen LogP contribution in [0.4, 0.5) is 10.1 Å². The molecule has 0 fully saturated rings. The normalized spacial score (nSPS) is 11.1. The Balaban J connectivity index is 2.02. The molecule has 1 amide bonds. The fourth-order valence-electron chi connectivity index (χ4n) is 2.18. The molecule has 0 aliphatic heterocycles. The standard InChI is InChI=1S/C18H21FN2O5S/c1-13-11-16(27(24,25)21-15-5-3-14(19)4-6-15)7-8-17(13)26-12-18(23)20-9-2-10-22/h3-8,11,21-22H,2,9-10,12H2,1H3,(H,20,23). The van der Waals surface area contributed by atoms with E-state index in [0.717, 1.165) is 12.1 Å². The third-order valence-electron chi connectivity index (χ3n) is 3.57. The Kier molecular flexibility index (Phi) is 7.14. The molecule has 0 atom stereocenters. The number of aliphatic hydroxyl groups excluding tert-OH is 1. The number of amides is 1. The molecular weight excluding hydrogens is 375 g/mol. The summed E-state index contributed by atoms with van der Waals surface area (Å²) < 4.78 is 45.6.